The first kappa shape index (κ1) is 24.4. The molecule has 3 atom stereocenters. The maximum Gasteiger partial charge on any atom is 0.237 e. The summed E-state index contributed by atoms with van der Waals surface area (Å²) in [5, 5.41) is 6.53. The third kappa shape index (κ3) is 7.80. The molecular weight excluding hydrogens is 393 g/mol. The predicted molar refractivity (Wildman–Crippen MR) is 120 cm³/mol. The molecule has 0 aliphatic heterocycles. The first-order chi connectivity index (χ1) is 12.7. The number of rotatable bonds is 10. The van der Waals surface area contributed by atoms with Gasteiger partial charge in [-0.3, -0.25) is 4.79 Å². The fourth-order valence-electron chi connectivity index (χ4n) is 3.31. The Morgan fingerprint density at radius 3 is 2.32 bits per heavy atom. The number of carbonyl (C=O) groups excluding carboxylic acids is 1. The van der Waals surface area contributed by atoms with Crippen molar-refractivity contribution in [3.63, 3.8) is 0 Å². The molecule has 2 aromatic rings. The largest absolute Gasteiger partial charge is 0.351 e. The fraction of sp³-hybridized carbons (Fsp3) is 0.409. The highest BCUT2D eigenvalue weighted by Gasteiger charge is 2.37. The second kappa shape index (κ2) is 12.8. The average molecular weight is 424 g/mol. The van der Waals surface area contributed by atoms with Gasteiger partial charge in [-0.1, -0.05) is 67.1 Å². The van der Waals surface area contributed by atoms with E-state index >= 15 is 0 Å². The SMILES string of the molecule is Cl.Cl.NC(CCCCN[C@@H]1C[C@H]1c1ccccc1)C(=O)NCc1ccccc1. The van der Waals surface area contributed by atoms with Crippen LogP contribution in [-0.2, 0) is 11.3 Å². The second-order valence-electron chi connectivity index (χ2n) is 7.12. The van der Waals surface area contributed by atoms with Crippen molar-refractivity contribution in [2.45, 2.75) is 50.2 Å². The van der Waals surface area contributed by atoms with Gasteiger partial charge in [-0.15, -0.1) is 24.8 Å². The summed E-state index contributed by atoms with van der Waals surface area (Å²) in [7, 11) is 0. The van der Waals surface area contributed by atoms with Gasteiger partial charge >= 0.3 is 0 Å². The molecule has 3 rings (SSSR count). The quantitative estimate of drug-likeness (QED) is 0.509. The summed E-state index contributed by atoms with van der Waals surface area (Å²) < 4.78 is 0. The fourth-order valence-corrected chi connectivity index (χ4v) is 3.31. The van der Waals surface area contributed by atoms with E-state index in [4.69, 9.17) is 5.73 Å². The molecule has 1 unspecified atom stereocenters. The molecule has 0 heterocycles. The van der Waals surface area contributed by atoms with Crippen molar-refractivity contribution >= 4 is 30.7 Å². The number of halogens is 2. The number of hydrogen-bond donors (Lipinski definition) is 3. The number of nitrogens with two attached hydrogens (primary N) is 1. The van der Waals surface area contributed by atoms with Crippen molar-refractivity contribution in [1.29, 1.82) is 0 Å². The lowest BCUT2D eigenvalue weighted by molar-refractivity contribution is -0.122. The summed E-state index contributed by atoms with van der Waals surface area (Å²) in [4.78, 5) is 12.0. The molecule has 0 saturated heterocycles. The van der Waals surface area contributed by atoms with Gasteiger partial charge in [-0.2, -0.15) is 0 Å². The van der Waals surface area contributed by atoms with Crippen LogP contribution in [0.1, 0.15) is 42.7 Å². The normalized spacial score (nSPS) is 18.3. The van der Waals surface area contributed by atoms with Crippen LogP contribution in [0.25, 0.3) is 0 Å². The maximum atomic E-state index is 12.0. The van der Waals surface area contributed by atoms with Crippen molar-refractivity contribution in [1.82, 2.24) is 10.6 Å². The second-order valence-corrected chi connectivity index (χ2v) is 7.12. The summed E-state index contributed by atoms with van der Waals surface area (Å²) in [6.07, 6.45) is 3.98. The summed E-state index contributed by atoms with van der Waals surface area (Å²) in [6.45, 7) is 1.53. The van der Waals surface area contributed by atoms with Crippen LogP contribution in [0.15, 0.2) is 60.7 Å². The molecule has 0 radical (unpaired) electrons. The molecule has 1 saturated carbocycles. The molecule has 2 aromatic carbocycles. The summed E-state index contributed by atoms with van der Waals surface area (Å²) in [5.41, 5.74) is 8.53. The van der Waals surface area contributed by atoms with Crippen LogP contribution < -0.4 is 16.4 Å². The van der Waals surface area contributed by atoms with Gasteiger partial charge in [0.15, 0.2) is 0 Å². The molecule has 28 heavy (non-hydrogen) atoms. The van der Waals surface area contributed by atoms with Crippen LogP contribution in [0.2, 0.25) is 0 Å². The number of carbonyl (C=O) groups is 1. The van der Waals surface area contributed by atoms with Crippen molar-refractivity contribution in [2.24, 2.45) is 5.73 Å². The Morgan fingerprint density at radius 2 is 1.64 bits per heavy atom. The minimum absolute atomic E-state index is 0. The number of benzene rings is 2. The average Bonchev–Trinajstić information content (AvgIpc) is 3.47. The zero-order valence-corrected chi connectivity index (χ0v) is 17.7. The van der Waals surface area contributed by atoms with Gasteiger partial charge in [0.2, 0.25) is 5.91 Å². The lowest BCUT2D eigenvalue weighted by Crippen LogP contribution is -2.40. The van der Waals surface area contributed by atoms with Crippen molar-refractivity contribution in [2.75, 3.05) is 6.54 Å². The molecule has 154 valence electrons. The summed E-state index contributed by atoms with van der Waals surface area (Å²) in [6, 6.07) is 20.8. The van der Waals surface area contributed by atoms with E-state index in [-0.39, 0.29) is 30.7 Å². The third-order valence-electron chi connectivity index (χ3n) is 5.01. The number of unbranched alkanes of at least 4 members (excludes halogenated alkanes) is 1. The molecule has 6 heteroatoms. The lowest BCUT2D eigenvalue weighted by atomic mass is 10.1. The molecule has 1 aliphatic carbocycles. The van der Waals surface area contributed by atoms with E-state index < -0.39 is 6.04 Å². The molecule has 1 aliphatic rings. The number of amides is 1. The van der Waals surface area contributed by atoms with Crippen molar-refractivity contribution < 1.29 is 4.79 Å². The molecule has 4 N–H and O–H groups in total. The van der Waals surface area contributed by atoms with Crippen LogP contribution in [-0.4, -0.2) is 24.5 Å². The minimum atomic E-state index is -0.420. The zero-order chi connectivity index (χ0) is 18.2. The topological polar surface area (TPSA) is 67.1 Å². The van der Waals surface area contributed by atoms with Gasteiger partial charge in [0.25, 0.3) is 0 Å². The minimum Gasteiger partial charge on any atom is -0.351 e. The predicted octanol–water partition coefficient (Wildman–Crippen LogP) is 3.79. The van der Waals surface area contributed by atoms with Gasteiger partial charge in [-0.25, -0.2) is 0 Å². The third-order valence-corrected chi connectivity index (χ3v) is 5.01. The van der Waals surface area contributed by atoms with E-state index in [1.165, 1.54) is 12.0 Å². The molecular formula is C22H31Cl2N3O. The molecule has 1 amide bonds. The molecule has 4 nitrogen and oxygen atoms in total. The van der Waals surface area contributed by atoms with Crippen LogP contribution in [0.4, 0.5) is 0 Å². The van der Waals surface area contributed by atoms with Crippen LogP contribution >= 0.6 is 24.8 Å². The molecule has 0 aromatic heterocycles. The van der Waals surface area contributed by atoms with Crippen LogP contribution in [0.3, 0.4) is 0 Å². The van der Waals surface area contributed by atoms with E-state index in [1.54, 1.807) is 0 Å². The smallest absolute Gasteiger partial charge is 0.237 e. The van der Waals surface area contributed by atoms with Gasteiger partial charge in [-0.05, 0) is 36.9 Å². The highest BCUT2D eigenvalue weighted by molar-refractivity contribution is 5.85. The highest BCUT2D eigenvalue weighted by Crippen LogP contribution is 2.40. The first-order valence-corrected chi connectivity index (χ1v) is 9.59. The number of hydrogen-bond acceptors (Lipinski definition) is 3. The Balaban J connectivity index is 0.00000196. The molecule has 1 fully saturated rings. The van der Waals surface area contributed by atoms with Gasteiger partial charge in [0, 0.05) is 18.5 Å². The van der Waals surface area contributed by atoms with Crippen molar-refractivity contribution in [3.8, 4) is 0 Å². The Kier molecular flexibility index (Phi) is 11.2. The molecule has 0 bridgehead atoms. The number of nitrogens with one attached hydrogen (secondary N) is 2. The maximum absolute atomic E-state index is 12.0. The van der Waals surface area contributed by atoms with Gasteiger partial charge < -0.3 is 16.4 Å². The van der Waals surface area contributed by atoms with E-state index in [1.807, 2.05) is 30.3 Å². The van der Waals surface area contributed by atoms with Gasteiger partial charge in [0.05, 0.1) is 6.04 Å². The Labute approximate surface area is 180 Å². The van der Waals surface area contributed by atoms with E-state index in [0.29, 0.717) is 18.5 Å². The molecule has 0 spiro atoms. The van der Waals surface area contributed by atoms with E-state index in [2.05, 4.69) is 41.0 Å². The highest BCUT2D eigenvalue weighted by atomic mass is 35.5. The zero-order valence-electron chi connectivity index (χ0n) is 16.1. The summed E-state index contributed by atoms with van der Waals surface area (Å²) in [5.74, 6) is 0.607. The lowest BCUT2D eigenvalue weighted by Gasteiger charge is -2.12. The Bertz CT molecular complexity index is 685. The Hall–Kier alpha value is -1.59. The van der Waals surface area contributed by atoms with Gasteiger partial charge in [0.1, 0.15) is 0 Å². The first-order valence-electron chi connectivity index (χ1n) is 9.59. The standard InChI is InChI=1S/C22H29N3O.2ClH/c23-20(22(26)25-16-17-9-3-1-4-10-17)13-7-8-14-24-21-15-19(21)18-11-5-2-6-12-18;;/h1-6,9-12,19-21,24H,7-8,13-16,23H2,(H,25,26);2*1H/t19-,20?,21+;;/m0../s1. The Morgan fingerprint density at radius 1 is 1.00 bits per heavy atom. The van der Waals surface area contributed by atoms with Crippen LogP contribution in [0, 0.1) is 0 Å². The van der Waals surface area contributed by atoms with E-state index in [0.717, 1.165) is 31.4 Å². The van der Waals surface area contributed by atoms with Crippen molar-refractivity contribution in [3.05, 3.63) is 71.8 Å². The van der Waals surface area contributed by atoms with E-state index in [9.17, 15) is 4.79 Å². The summed E-state index contributed by atoms with van der Waals surface area (Å²) >= 11 is 0. The monoisotopic (exact) mass is 423 g/mol. The van der Waals surface area contributed by atoms with Crippen LogP contribution in [0.5, 0.6) is 0 Å².